The lowest BCUT2D eigenvalue weighted by Gasteiger charge is -2.21. The van der Waals surface area contributed by atoms with Crippen LogP contribution in [-0.2, 0) is 25.8 Å². The molecule has 2 aliphatic rings. The first kappa shape index (κ1) is 22.0. The van der Waals surface area contributed by atoms with Gasteiger partial charge in [-0.15, -0.1) is 0 Å². The minimum Gasteiger partial charge on any atom is -0.493 e. The van der Waals surface area contributed by atoms with Gasteiger partial charge in [-0.05, 0) is 60.7 Å². The number of para-hydroxylation sites is 1. The Bertz CT molecular complexity index is 1670. The van der Waals surface area contributed by atoms with Crippen LogP contribution in [0.5, 0.6) is 23.0 Å². The highest BCUT2D eigenvalue weighted by Gasteiger charge is 2.32. The number of nitrogens with one attached hydrogen (secondary N) is 1. The number of pyridine rings is 1. The minimum absolute atomic E-state index is 0.282. The Morgan fingerprint density at radius 1 is 0.919 bits per heavy atom. The number of ether oxygens (including phenoxy) is 4. The van der Waals surface area contributed by atoms with Crippen molar-refractivity contribution in [2.45, 2.75) is 32.2 Å². The molecule has 2 aliphatic heterocycles. The van der Waals surface area contributed by atoms with E-state index in [0.717, 1.165) is 60.6 Å². The lowest BCUT2D eigenvalue weighted by molar-refractivity contribution is -0.686. The maximum absolute atomic E-state index is 5.86. The Labute approximate surface area is 215 Å². The molecule has 0 unspecified atom stereocenters. The predicted octanol–water partition coefficient (Wildman–Crippen LogP) is 5.75. The summed E-state index contributed by atoms with van der Waals surface area (Å²) < 4.78 is 25.3. The third-order valence-electron chi connectivity index (χ3n) is 7.79. The number of benzene rings is 3. The zero-order chi connectivity index (χ0) is 24.9. The molecule has 0 bridgehead atoms. The van der Waals surface area contributed by atoms with Crippen molar-refractivity contribution >= 4 is 21.7 Å². The average molecular weight is 494 g/mol. The van der Waals surface area contributed by atoms with Crippen LogP contribution < -0.4 is 23.5 Å². The van der Waals surface area contributed by atoms with Gasteiger partial charge in [0.25, 0.3) is 0 Å². The quantitative estimate of drug-likeness (QED) is 0.306. The molecule has 7 rings (SSSR count). The molecule has 6 heteroatoms. The highest BCUT2D eigenvalue weighted by molar-refractivity contribution is 5.95. The molecule has 4 heterocycles. The first-order valence-corrected chi connectivity index (χ1v) is 12.8. The van der Waals surface area contributed by atoms with Gasteiger partial charge in [0, 0.05) is 34.5 Å². The van der Waals surface area contributed by atoms with Crippen molar-refractivity contribution in [2.24, 2.45) is 0 Å². The molecule has 5 aromatic rings. The smallest absolute Gasteiger partial charge is 0.231 e. The normalized spacial score (nSPS) is 13.6. The van der Waals surface area contributed by atoms with Gasteiger partial charge in [0.2, 0.25) is 12.5 Å². The van der Waals surface area contributed by atoms with Gasteiger partial charge >= 0.3 is 0 Å². The monoisotopic (exact) mass is 493 g/mol. The molecule has 0 aliphatic carbocycles. The van der Waals surface area contributed by atoms with Crippen molar-refractivity contribution in [1.29, 1.82) is 0 Å². The molecule has 0 atom stereocenters. The number of aryl methyl sites for hydroxylation is 4. The van der Waals surface area contributed by atoms with Crippen molar-refractivity contribution in [2.75, 3.05) is 21.0 Å². The van der Waals surface area contributed by atoms with Crippen molar-refractivity contribution in [3.05, 3.63) is 77.6 Å². The van der Waals surface area contributed by atoms with E-state index in [0.29, 0.717) is 0 Å². The van der Waals surface area contributed by atoms with Crippen LogP contribution in [0.2, 0.25) is 0 Å². The van der Waals surface area contributed by atoms with Crippen molar-refractivity contribution in [1.82, 2.24) is 4.98 Å². The maximum atomic E-state index is 5.86. The molecule has 0 saturated heterocycles. The zero-order valence-electron chi connectivity index (χ0n) is 21.1. The van der Waals surface area contributed by atoms with Crippen LogP contribution in [0.15, 0.2) is 60.9 Å². The number of nitrogens with zero attached hydrogens (tertiary/aromatic N) is 1. The van der Waals surface area contributed by atoms with E-state index in [2.05, 4.69) is 64.4 Å². The lowest BCUT2D eigenvalue weighted by atomic mass is 9.89. The molecule has 3 aromatic carbocycles. The van der Waals surface area contributed by atoms with Gasteiger partial charge in [-0.2, -0.15) is 4.57 Å². The molecule has 0 saturated carbocycles. The first-order chi connectivity index (χ1) is 18.2. The van der Waals surface area contributed by atoms with E-state index < -0.39 is 0 Å². The molecule has 186 valence electrons. The highest BCUT2D eigenvalue weighted by atomic mass is 16.7. The number of aromatic amines is 1. The molecule has 2 aromatic heterocycles. The number of hydrogen-bond donors (Lipinski definition) is 1. The van der Waals surface area contributed by atoms with Crippen LogP contribution in [0, 0.1) is 0 Å². The van der Waals surface area contributed by atoms with Gasteiger partial charge in [-0.1, -0.05) is 18.2 Å². The molecule has 0 spiro atoms. The van der Waals surface area contributed by atoms with Crippen molar-refractivity contribution in [3.8, 4) is 34.3 Å². The van der Waals surface area contributed by atoms with Gasteiger partial charge in [-0.3, -0.25) is 0 Å². The van der Waals surface area contributed by atoms with E-state index in [1.807, 2.05) is 6.07 Å². The van der Waals surface area contributed by atoms with Crippen LogP contribution in [0.3, 0.4) is 0 Å². The fourth-order valence-corrected chi connectivity index (χ4v) is 6.06. The molecule has 0 radical (unpaired) electrons. The van der Waals surface area contributed by atoms with Gasteiger partial charge < -0.3 is 23.9 Å². The topological polar surface area (TPSA) is 56.6 Å². The number of methoxy groups -OCH3 is 2. The van der Waals surface area contributed by atoms with E-state index >= 15 is 0 Å². The Kier molecular flexibility index (Phi) is 5.20. The second-order valence-corrected chi connectivity index (χ2v) is 9.74. The second-order valence-electron chi connectivity index (χ2n) is 9.74. The number of rotatable bonds is 6. The SMILES string of the molecule is COc1ccc2c(CCCc3c[nH]c4ccccc34)c3[n+](cc2c1OC)CCc1cc2c(cc1-3)OCO2. The first-order valence-electron chi connectivity index (χ1n) is 12.8. The third-order valence-corrected chi connectivity index (χ3v) is 7.79. The average Bonchev–Trinajstić information content (AvgIpc) is 3.57. The van der Waals surface area contributed by atoms with Crippen LogP contribution in [0.4, 0.5) is 0 Å². The van der Waals surface area contributed by atoms with E-state index in [4.69, 9.17) is 18.9 Å². The van der Waals surface area contributed by atoms with Gasteiger partial charge in [0.1, 0.15) is 0 Å². The Morgan fingerprint density at radius 3 is 2.65 bits per heavy atom. The van der Waals surface area contributed by atoms with E-state index in [9.17, 15) is 0 Å². The predicted molar refractivity (Wildman–Crippen MR) is 143 cm³/mol. The number of fused-ring (bicyclic) bond motifs is 6. The summed E-state index contributed by atoms with van der Waals surface area (Å²) in [5.41, 5.74) is 7.69. The minimum atomic E-state index is 0.282. The maximum Gasteiger partial charge on any atom is 0.231 e. The molecular weight excluding hydrogens is 464 g/mol. The largest absolute Gasteiger partial charge is 0.493 e. The van der Waals surface area contributed by atoms with Crippen LogP contribution in [-0.4, -0.2) is 26.0 Å². The highest BCUT2D eigenvalue weighted by Crippen LogP contribution is 2.44. The van der Waals surface area contributed by atoms with Crippen molar-refractivity contribution < 1.29 is 23.5 Å². The standard InChI is InChI=1S/C31H29N2O4/c1-34-27-11-10-22-23(8-5-6-20-16-32-26-9-4-3-7-21(20)26)30-24-15-29-28(36-18-37-29)14-19(24)12-13-33(30)17-25(22)31(27)35-2/h3-4,7,9-11,14-17,32H,5-6,8,12-13,18H2,1-2H3/q+1. The molecule has 0 fully saturated rings. The van der Waals surface area contributed by atoms with E-state index in [1.165, 1.54) is 44.2 Å². The molecule has 6 nitrogen and oxygen atoms in total. The summed E-state index contributed by atoms with van der Waals surface area (Å²) in [7, 11) is 3.41. The Morgan fingerprint density at radius 2 is 1.78 bits per heavy atom. The summed E-state index contributed by atoms with van der Waals surface area (Å²) in [6, 6.07) is 17.0. The summed E-state index contributed by atoms with van der Waals surface area (Å²) in [6.07, 6.45) is 8.29. The van der Waals surface area contributed by atoms with Crippen LogP contribution in [0.25, 0.3) is 32.9 Å². The third kappa shape index (κ3) is 3.50. The fraction of sp³-hybridized carbons (Fsp3) is 0.258. The lowest BCUT2D eigenvalue weighted by Crippen LogP contribution is -2.41. The Balaban J connectivity index is 1.37. The number of aromatic nitrogens is 2. The zero-order valence-corrected chi connectivity index (χ0v) is 21.1. The van der Waals surface area contributed by atoms with Gasteiger partial charge in [-0.25, -0.2) is 0 Å². The summed E-state index contributed by atoms with van der Waals surface area (Å²) in [6.45, 7) is 1.18. The summed E-state index contributed by atoms with van der Waals surface area (Å²) in [5, 5.41) is 3.59. The number of H-pyrrole nitrogens is 1. The summed E-state index contributed by atoms with van der Waals surface area (Å²) in [5.74, 6) is 3.20. The second kappa shape index (κ2) is 8.73. The van der Waals surface area contributed by atoms with Gasteiger partial charge in [0.15, 0.2) is 35.7 Å². The molecular formula is C31H29N2O4+. The van der Waals surface area contributed by atoms with Gasteiger partial charge in [0.05, 0.1) is 25.2 Å². The molecule has 1 N–H and O–H groups in total. The Hall–Kier alpha value is -4.19. The van der Waals surface area contributed by atoms with E-state index in [1.54, 1.807) is 14.2 Å². The fourth-order valence-electron chi connectivity index (χ4n) is 6.06. The summed E-state index contributed by atoms with van der Waals surface area (Å²) >= 11 is 0. The van der Waals surface area contributed by atoms with Crippen molar-refractivity contribution in [3.63, 3.8) is 0 Å². The summed E-state index contributed by atoms with van der Waals surface area (Å²) in [4.78, 5) is 3.42. The van der Waals surface area contributed by atoms with Crippen LogP contribution in [0.1, 0.15) is 23.1 Å². The van der Waals surface area contributed by atoms with E-state index in [-0.39, 0.29) is 6.79 Å². The molecule has 37 heavy (non-hydrogen) atoms. The van der Waals surface area contributed by atoms with Crippen LogP contribution >= 0.6 is 0 Å². The number of hydrogen-bond acceptors (Lipinski definition) is 4. The molecule has 0 amide bonds.